The minimum atomic E-state index is -0.254. The fourth-order valence-electron chi connectivity index (χ4n) is 2.60. The largest absolute Gasteiger partial charge is 0.469 e. The van der Waals surface area contributed by atoms with Crippen LogP contribution >= 0.6 is 0 Å². The van der Waals surface area contributed by atoms with E-state index in [1.54, 1.807) is 12.4 Å². The number of rotatable bonds is 4. The lowest BCUT2D eigenvalue weighted by molar-refractivity contribution is -0.144. The number of likely N-dealkylation sites (tertiary alicyclic amines) is 1. The molecule has 0 spiro atoms. The number of aromatic nitrogens is 1. The zero-order chi connectivity index (χ0) is 14.4. The molecule has 2 rings (SSSR count). The second-order valence-electron chi connectivity index (χ2n) is 5.06. The van der Waals surface area contributed by atoms with Gasteiger partial charge in [0.2, 0.25) is 5.91 Å². The van der Waals surface area contributed by atoms with Crippen LogP contribution in [0.25, 0.3) is 0 Å². The third-order valence-electron chi connectivity index (χ3n) is 3.66. The molecular weight excluding hydrogens is 256 g/mol. The lowest BCUT2D eigenvalue weighted by atomic mass is 9.98. The number of piperidine rings is 1. The van der Waals surface area contributed by atoms with Crippen LogP contribution in [0.15, 0.2) is 24.5 Å². The van der Waals surface area contributed by atoms with E-state index in [0.29, 0.717) is 6.42 Å². The molecule has 0 N–H and O–H groups in total. The summed E-state index contributed by atoms with van der Waals surface area (Å²) in [6, 6.07) is 3.69. The normalized spacial score (nSPS) is 18.6. The van der Waals surface area contributed by atoms with Crippen LogP contribution < -0.4 is 0 Å². The number of carbonyl (C=O) groups excluding carboxylic acids is 2. The predicted octanol–water partition coefficient (Wildman–Crippen LogP) is 1.57. The number of pyridine rings is 1. The van der Waals surface area contributed by atoms with Crippen LogP contribution in [0.2, 0.25) is 0 Å². The lowest BCUT2D eigenvalue weighted by Crippen LogP contribution is -2.45. The van der Waals surface area contributed by atoms with Gasteiger partial charge in [0.15, 0.2) is 0 Å². The van der Waals surface area contributed by atoms with Gasteiger partial charge in [0.1, 0.15) is 0 Å². The fourth-order valence-corrected chi connectivity index (χ4v) is 2.60. The van der Waals surface area contributed by atoms with Crippen LogP contribution in [-0.4, -0.2) is 41.5 Å². The average molecular weight is 276 g/mol. The van der Waals surface area contributed by atoms with Gasteiger partial charge >= 0.3 is 5.97 Å². The number of methoxy groups -OCH3 is 1. The Hall–Kier alpha value is -1.91. The molecule has 0 bridgehead atoms. The first-order chi connectivity index (χ1) is 9.70. The Labute approximate surface area is 118 Å². The van der Waals surface area contributed by atoms with Crippen molar-refractivity contribution in [3.05, 3.63) is 30.1 Å². The number of hydrogen-bond acceptors (Lipinski definition) is 4. The van der Waals surface area contributed by atoms with E-state index in [0.717, 1.165) is 31.4 Å². The van der Waals surface area contributed by atoms with Gasteiger partial charge in [0, 0.05) is 25.0 Å². The first-order valence-corrected chi connectivity index (χ1v) is 6.96. The zero-order valence-corrected chi connectivity index (χ0v) is 11.7. The van der Waals surface area contributed by atoms with Gasteiger partial charge < -0.3 is 9.64 Å². The summed E-state index contributed by atoms with van der Waals surface area (Å²) in [5.41, 5.74) is 0.903. The van der Waals surface area contributed by atoms with Gasteiger partial charge in [-0.2, -0.15) is 0 Å². The number of hydrogen-bond donors (Lipinski definition) is 0. The van der Waals surface area contributed by atoms with Gasteiger partial charge in [0.25, 0.3) is 0 Å². The Balaban J connectivity index is 2.00. The maximum Gasteiger partial charge on any atom is 0.307 e. The van der Waals surface area contributed by atoms with Crippen molar-refractivity contribution >= 4 is 11.9 Å². The van der Waals surface area contributed by atoms with Gasteiger partial charge in [-0.25, -0.2) is 0 Å². The maximum absolute atomic E-state index is 12.4. The van der Waals surface area contributed by atoms with Gasteiger partial charge in [0.05, 0.1) is 20.0 Å². The molecule has 5 heteroatoms. The van der Waals surface area contributed by atoms with E-state index in [1.165, 1.54) is 7.11 Å². The molecule has 2 heterocycles. The van der Waals surface area contributed by atoms with Crippen LogP contribution in [0.5, 0.6) is 0 Å². The van der Waals surface area contributed by atoms with Gasteiger partial charge in [-0.05, 0) is 30.9 Å². The van der Waals surface area contributed by atoms with E-state index >= 15 is 0 Å². The molecule has 0 radical (unpaired) electrons. The molecule has 1 aliphatic heterocycles. The van der Waals surface area contributed by atoms with Gasteiger partial charge in [-0.15, -0.1) is 0 Å². The molecule has 0 saturated carbocycles. The molecule has 108 valence electrons. The van der Waals surface area contributed by atoms with Crippen LogP contribution in [-0.2, 0) is 20.7 Å². The van der Waals surface area contributed by atoms with Crippen molar-refractivity contribution in [1.29, 1.82) is 0 Å². The highest BCUT2D eigenvalue weighted by Crippen LogP contribution is 2.21. The quantitative estimate of drug-likeness (QED) is 0.783. The van der Waals surface area contributed by atoms with Crippen molar-refractivity contribution in [2.45, 2.75) is 38.1 Å². The predicted molar refractivity (Wildman–Crippen MR) is 73.9 cm³/mol. The summed E-state index contributed by atoms with van der Waals surface area (Å²) in [4.78, 5) is 29.7. The maximum atomic E-state index is 12.4. The molecule has 1 aromatic rings. The Morgan fingerprint density at radius 3 is 3.00 bits per heavy atom. The number of ether oxygens (including phenoxy) is 1. The highest BCUT2D eigenvalue weighted by molar-refractivity contribution is 5.80. The number of carbonyl (C=O) groups is 2. The molecule has 1 aromatic heterocycles. The average Bonchev–Trinajstić information content (AvgIpc) is 2.48. The van der Waals surface area contributed by atoms with Crippen LogP contribution in [0.4, 0.5) is 0 Å². The van der Waals surface area contributed by atoms with E-state index in [-0.39, 0.29) is 24.3 Å². The molecule has 0 aromatic carbocycles. The molecule has 20 heavy (non-hydrogen) atoms. The summed E-state index contributed by atoms with van der Waals surface area (Å²) in [5, 5.41) is 0. The minimum absolute atomic E-state index is 0.0274. The van der Waals surface area contributed by atoms with Crippen molar-refractivity contribution in [3.63, 3.8) is 0 Å². The standard InChI is InChI=1S/C15H20N2O3/c1-20-15(19)10-13-6-2-3-8-17(13)14(18)9-12-5-4-7-16-11-12/h4-5,7,11,13H,2-3,6,8-10H2,1H3. The number of esters is 1. The highest BCUT2D eigenvalue weighted by atomic mass is 16.5. The second-order valence-corrected chi connectivity index (χ2v) is 5.06. The van der Waals surface area contributed by atoms with Crippen molar-refractivity contribution < 1.29 is 14.3 Å². The van der Waals surface area contributed by atoms with E-state index in [2.05, 4.69) is 4.98 Å². The molecule has 1 saturated heterocycles. The molecule has 1 fully saturated rings. The fraction of sp³-hybridized carbons (Fsp3) is 0.533. The summed E-state index contributed by atoms with van der Waals surface area (Å²) in [6.45, 7) is 0.723. The number of amides is 1. The van der Waals surface area contributed by atoms with Crippen LogP contribution in [0.1, 0.15) is 31.2 Å². The number of nitrogens with zero attached hydrogens (tertiary/aromatic N) is 2. The van der Waals surface area contributed by atoms with E-state index in [4.69, 9.17) is 4.74 Å². The second kappa shape index (κ2) is 7.03. The van der Waals surface area contributed by atoms with Crippen molar-refractivity contribution in [1.82, 2.24) is 9.88 Å². The topological polar surface area (TPSA) is 59.5 Å². The highest BCUT2D eigenvalue weighted by Gasteiger charge is 2.28. The SMILES string of the molecule is COC(=O)CC1CCCCN1C(=O)Cc1cccnc1. The Morgan fingerprint density at radius 1 is 1.45 bits per heavy atom. The first kappa shape index (κ1) is 14.5. The molecule has 1 aliphatic rings. The summed E-state index contributed by atoms with van der Waals surface area (Å²) >= 11 is 0. The molecule has 0 aliphatic carbocycles. The molecule has 1 unspecified atom stereocenters. The molecule has 1 atom stereocenters. The van der Waals surface area contributed by atoms with Crippen LogP contribution in [0.3, 0.4) is 0 Å². The Morgan fingerprint density at radius 2 is 2.30 bits per heavy atom. The summed E-state index contributed by atoms with van der Waals surface area (Å²) in [7, 11) is 1.38. The summed E-state index contributed by atoms with van der Waals surface area (Å²) in [6.07, 6.45) is 6.94. The zero-order valence-electron chi connectivity index (χ0n) is 11.7. The van der Waals surface area contributed by atoms with Crippen molar-refractivity contribution in [2.24, 2.45) is 0 Å². The minimum Gasteiger partial charge on any atom is -0.469 e. The van der Waals surface area contributed by atoms with E-state index < -0.39 is 0 Å². The first-order valence-electron chi connectivity index (χ1n) is 6.96. The monoisotopic (exact) mass is 276 g/mol. The molecule has 1 amide bonds. The van der Waals surface area contributed by atoms with E-state index in [9.17, 15) is 9.59 Å². The summed E-state index contributed by atoms with van der Waals surface area (Å²) in [5.74, 6) is -0.192. The third kappa shape index (κ3) is 3.79. The van der Waals surface area contributed by atoms with Crippen LogP contribution in [0, 0.1) is 0 Å². The van der Waals surface area contributed by atoms with Gasteiger partial charge in [-0.1, -0.05) is 6.07 Å². The smallest absolute Gasteiger partial charge is 0.307 e. The summed E-state index contributed by atoms with van der Waals surface area (Å²) < 4.78 is 4.71. The lowest BCUT2D eigenvalue weighted by Gasteiger charge is -2.35. The third-order valence-corrected chi connectivity index (χ3v) is 3.66. The Kier molecular flexibility index (Phi) is 5.09. The van der Waals surface area contributed by atoms with Crippen molar-refractivity contribution in [2.75, 3.05) is 13.7 Å². The van der Waals surface area contributed by atoms with Gasteiger partial charge in [-0.3, -0.25) is 14.6 Å². The Bertz CT molecular complexity index is 461. The molecule has 5 nitrogen and oxygen atoms in total. The van der Waals surface area contributed by atoms with E-state index in [1.807, 2.05) is 17.0 Å². The van der Waals surface area contributed by atoms with Crippen molar-refractivity contribution in [3.8, 4) is 0 Å². The molecular formula is C15H20N2O3.